The van der Waals surface area contributed by atoms with E-state index in [4.69, 9.17) is 0 Å². The van der Waals surface area contributed by atoms with Gasteiger partial charge < -0.3 is 10.2 Å². The summed E-state index contributed by atoms with van der Waals surface area (Å²) in [7, 11) is 0. The molecule has 1 N–H and O–H groups in total. The van der Waals surface area contributed by atoms with Gasteiger partial charge in [-0.25, -0.2) is 4.98 Å². The molecule has 0 saturated carbocycles. The van der Waals surface area contributed by atoms with Gasteiger partial charge in [-0.05, 0) is 36.1 Å². The normalized spacial score (nSPS) is 16.8. The Morgan fingerprint density at radius 3 is 3.00 bits per heavy atom. The Bertz CT molecular complexity index is 918. The highest BCUT2D eigenvalue weighted by molar-refractivity contribution is 7.09. The molecule has 2 aliphatic heterocycles. The van der Waals surface area contributed by atoms with Crippen LogP contribution in [0.2, 0.25) is 0 Å². The third kappa shape index (κ3) is 4.31. The average molecular weight is 380 g/mol. The van der Waals surface area contributed by atoms with Crippen LogP contribution >= 0.6 is 11.3 Å². The lowest BCUT2D eigenvalue weighted by molar-refractivity contribution is -0.125. The number of carbonyl (C=O) groups excluding carboxylic acids is 2. The molecule has 138 valence electrons. The van der Waals surface area contributed by atoms with Crippen LogP contribution in [0.15, 0.2) is 41.7 Å². The second-order valence-corrected chi connectivity index (χ2v) is 7.67. The van der Waals surface area contributed by atoms with E-state index in [1.54, 1.807) is 29.7 Å². The van der Waals surface area contributed by atoms with E-state index < -0.39 is 0 Å². The van der Waals surface area contributed by atoms with E-state index in [1.807, 2.05) is 22.7 Å². The van der Waals surface area contributed by atoms with Crippen molar-refractivity contribution in [1.82, 2.24) is 14.9 Å². The first-order valence-corrected chi connectivity index (χ1v) is 9.86. The molecule has 7 heteroatoms. The lowest BCUT2D eigenvalue weighted by Crippen LogP contribution is -2.33. The van der Waals surface area contributed by atoms with Gasteiger partial charge >= 0.3 is 0 Å². The Morgan fingerprint density at radius 1 is 1.30 bits per heavy atom. The second kappa shape index (κ2) is 7.84. The first kappa shape index (κ1) is 17.6. The highest BCUT2D eigenvalue weighted by atomic mass is 32.1. The van der Waals surface area contributed by atoms with Gasteiger partial charge in [-0.1, -0.05) is 11.6 Å². The van der Waals surface area contributed by atoms with Crippen LogP contribution in [0.3, 0.4) is 0 Å². The first-order valence-electron chi connectivity index (χ1n) is 8.98. The number of aromatic nitrogens is 2. The third-order valence-corrected chi connectivity index (χ3v) is 5.56. The fourth-order valence-corrected chi connectivity index (χ4v) is 3.91. The molecule has 0 saturated heterocycles. The van der Waals surface area contributed by atoms with E-state index in [0.717, 1.165) is 30.5 Å². The molecule has 0 spiro atoms. The van der Waals surface area contributed by atoms with Crippen LogP contribution in [-0.2, 0) is 22.4 Å². The SMILES string of the molecule is O=C1CCc2cc(C=CC(=O)N3CC=C(Cc4cncs4)CC3)cnc2N1. The van der Waals surface area contributed by atoms with Crippen LogP contribution in [0.5, 0.6) is 0 Å². The second-order valence-electron chi connectivity index (χ2n) is 6.70. The van der Waals surface area contributed by atoms with E-state index in [0.29, 0.717) is 25.2 Å². The van der Waals surface area contributed by atoms with Crippen LogP contribution in [0.1, 0.15) is 28.8 Å². The average Bonchev–Trinajstić information content (AvgIpc) is 3.19. The number of amides is 2. The van der Waals surface area contributed by atoms with Gasteiger partial charge in [0.15, 0.2) is 0 Å². The summed E-state index contributed by atoms with van der Waals surface area (Å²) >= 11 is 1.67. The van der Waals surface area contributed by atoms with Crippen molar-refractivity contribution in [2.24, 2.45) is 0 Å². The van der Waals surface area contributed by atoms with Crippen molar-refractivity contribution in [1.29, 1.82) is 0 Å². The fourth-order valence-electron chi connectivity index (χ4n) is 3.26. The van der Waals surface area contributed by atoms with Crippen LogP contribution in [0.25, 0.3) is 6.08 Å². The van der Waals surface area contributed by atoms with Gasteiger partial charge in [0, 0.05) is 49.3 Å². The Kier molecular flexibility index (Phi) is 5.11. The van der Waals surface area contributed by atoms with Crippen LogP contribution < -0.4 is 5.32 Å². The quantitative estimate of drug-likeness (QED) is 0.654. The lowest BCUT2D eigenvalue weighted by atomic mass is 10.0. The first-order chi connectivity index (χ1) is 13.2. The standard InChI is InChI=1S/C20H20N4O2S/c25-18-3-2-16-9-15(11-22-20(16)23-18)1-4-19(26)24-7-5-14(6-8-24)10-17-12-21-13-27-17/h1,4-5,9,11-13H,2-3,6-8,10H2,(H,22,23,25). The number of rotatable bonds is 4. The van der Waals surface area contributed by atoms with Gasteiger partial charge in [0.25, 0.3) is 0 Å². The largest absolute Gasteiger partial charge is 0.335 e. The zero-order valence-electron chi connectivity index (χ0n) is 14.9. The molecule has 2 aromatic rings. The van der Waals surface area contributed by atoms with Crippen molar-refractivity contribution in [2.75, 3.05) is 18.4 Å². The van der Waals surface area contributed by atoms with Gasteiger partial charge in [-0.15, -0.1) is 11.3 Å². The van der Waals surface area contributed by atoms with Crippen molar-refractivity contribution < 1.29 is 9.59 Å². The zero-order chi connectivity index (χ0) is 18.6. The summed E-state index contributed by atoms with van der Waals surface area (Å²) in [6.45, 7) is 1.38. The van der Waals surface area contributed by atoms with Crippen LogP contribution in [0.4, 0.5) is 5.82 Å². The molecule has 2 amide bonds. The Hall–Kier alpha value is -2.80. The summed E-state index contributed by atoms with van der Waals surface area (Å²) in [6, 6.07) is 1.98. The molecule has 0 unspecified atom stereocenters. The van der Waals surface area contributed by atoms with E-state index >= 15 is 0 Å². The number of carbonyl (C=O) groups is 2. The minimum atomic E-state index is 0.00124. The molecule has 6 nitrogen and oxygen atoms in total. The molecule has 4 heterocycles. The number of thiazole rings is 1. The topological polar surface area (TPSA) is 75.2 Å². The van der Waals surface area contributed by atoms with Gasteiger partial charge in [0.1, 0.15) is 5.82 Å². The van der Waals surface area contributed by atoms with E-state index in [9.17, 15) is 9.59 Å². The highest BCUT2D eigenvalue weighted by Crippen LogP contribution is 2.22. The Morgan fingerprint density at radius 2 is 2.22 bits per heavy atom. The maximum absolute atomic E-state index is 12.5. The predicted molar refractivity (Wildman–Crippen MR) is 105 cm³/mol. The van der Waals surface area contributed by atoms with Gasteiger partial charge in [0.05, 0.1) is 5.51 Å². The number of nitrogens with zero attached hydrogens (tertiary/aromatic N) is 3. The minimum absolute atomic E-state index is 0.00124. The summed E-state index contributed by atoms with van der Waals surface area (Å²) in [4.78, 5) is 35.3. The molecule has 0 fully saturated rings. The number of anilines is 1. The van der Waals surface area contributed by atoms with Gasteiger partial charge in [0.2, 0.25) is 11.8 Å². The van der Waals surface area contributed by atoms with Crippen molar-refractivity contribution in [3.05, 3.63) is 57.7 Å². The van der Waals surface area contributed by atoms with Crippen molar-refractivity contribution >= 4 is 35.0 Å². The summed E-state index contributed by atoms with van der Waals surface area (Å²) in [5.74, 6) is 0.639. The van der Waals surface area contributed by atoms with E-state index in [1.165, 1.54) is 10.5 Å². The Labute approximate surface area is 161 Å². The van der Waals surface area contributed by atoms with Crippen molar-refractivity contribution in [2.45, 2.75) is 25.7 Å². The van der Waals surface area contributed by atoms with Crippen molar-refractivity contribution in [3.8, 4) is 0 Å². The molecule has 0 atom stereocenters. The molecule has 2 aliphatic rings. The molecule has 0 aliphatic carbocycles. The molecule has 4 rings (SSSR count). The molecule has 0 radical (unpaired) electrons. The summed E-state index contributed by atoms with van der Waals surface area (Å²) in [5, 5.41) is 2.76. The zero-order valence-corrected chi connectivity index (χ0v) is 15.7. The molecular weight excluding hydrogens is 360 g/mol. The Balaban J connectivity index is 1.35. The highest BCUT2D eigenvalue weighted by Gasteiger charge is 2.17. The lowest BCUT2D eigenvalue weighted by Gasteiger charge is -2.25. The molecule has 2 aromatic heterocycles. The predicted octanol–water partition coefficient (Wildman–Crippen LogP) is 2.84. The summed E-state index contributed by atoms with van der Waals surface area (Å²) in [5.41, 5.74) is 5.10. The smallest absolute Gasteiger partial charge is 0.246 e. The van der Waals surface area contributed by atoms with Gasteiger partial charge in [-0.3, -0.25) is 14.6 Å². The monoisotopic (exact) mass is 380 g/mol. The third-order valence-electron chi connectivity index (χ3n) is 4.78. The van der Waals surface area contributed by atoms with Crippen molar-refractivity contribution in [3.63, 3.8) is 0 Å². The van der Waals surface area contributed by atoms with E-state index in [2.05, 4.69) is 21.4 Å². The summed E-state index contributed by atoms with van der Waals surface area (Å²) < 4.78 is 0. The number of aryl methyl sites for hydroxylation is 1. The number of fused-ring (bicyclic) bond motifs is 1. The number of pyridine rings is 1. The number of hydrogen-bond donors (Lipinski definition) is 1. The maximum Gasteiger partial charge on any atom is 0.246 e. The summed E-state index contributed by atoms with van der Waals surface area (Å²) in [6.07, 6.45) is 12.1. The van der Waals surface area contributed by atoms with Crippen LogP contribution in [-0.4, -0.2) is 39.8 Å². The fraction of sp³-hybridized carbons (Fsp3) is 0.300. The van der Waals surface area contributed by atoms with Gasteiger partial charge in [-0.2, -0.15) is 0 Å². The molecular formula is C20H20N4O2S. The number of nitrogens with one attached hydrogen (secondary N) is 1. The number of hydrogen-bond acceptors (Lipinski definition) is 5. The maximum atomic E-state index is 12.5. The minimum Gasteiger partial charge on any atom is -0.335 e. The molecule has 0 bridgehead atoms. The van der Waals surface area contributed by atoms with Crippen LogP contribution in [0, 0.1) is 0 Å². The molecule has 27 heavy (non-hydrogen) atoms. The molecule has 0 aromatic carbocycles. The van der Waals surface area contributed by atoms with E-state index in [-0.39, 0.29) is 11.8 Å².